The van der Waals surface area contributed by atoms with Crippen molar-refractivity contribution >= 4 is 60.7 Å². The Morgan fingerprint density at radius 3 is 2.80 bits per heavy atom. The van der Waals surface area contributed by atoms with Crippen molar-refractivity contribution in [2.45, 2.75) is 56.9 Å². The number of benzene rings is 2. The number of hydrogen-bond acceptors (Lipinski definition) is 10. The van der Waals surface area contributed by atoms with Gasteiger partial charge in [0.2, 0.25) is 5.91 Å². The summed E-state index contributed by atoms with van der Waals surface area (Å²) in [7, 11) is 0. The highest BCUT2D eigenvalue weighted by Crippen LogP contribution is 2.49. The SMILES string of the molecule is N#Cc1c(N)sc2c(F)ccc(-c3c4c(c5c(N[C@H]6CCNC6=O)nc(OCC67CCCN6CCC7)nc5c3Cl)COC4)c12. The third kappa shape index (κ3) is 4.14. The van der Waals surface area contributed by atoms with Crippen molar-refractivity contribution in [1.29, 1.82) is 5.26 Å². The molecule has 0 bridgehead atoms. The summed E-state index contributed by atoms with van der Waals surface area (Å²) in [6.45, 7) is 3.68. The van der Waals surface area contributed by atoms with Crippen LogP contribution in [-0.4, -0.2) is 58.6 Å². The Morgan fingerprint density at radius 2 is 2.05 bits per heavy atom. The number of nitrogens with one attached hydrogen (secondary N) is 2. The van der Waals surface area contributed by atoms with Gasteiger partial charge in [-0.1, -0.05) is 17.7 Å². The van der Waals surface area contributed by atoms with E-state index in [1.807, 2.05) is 0 Å². The average molecular weight is 634 g/mol. The molecule has 0 spiro atoms. The molecule has 226 valence electrons. The first-order chi connectivity index (χ1) is 21.4. The number of anilines is 2. The fourth-order valence-electron chi connectivity index (χ4n) is 7.53. The van der Waals surface area contributed by atoms with Crippen LogP contribution in [0.4, 0.5) is 15.2 Å². The minimum absolute atomic E-state index is 0.0235. The van der Waals surface area contributed by atoms with Gasteiger partial charge in [-0.3, -0.25) is 9.69 Å². The van der Waals surface area contributed by atoms with E-state index >= 15 is 0 Å². The zero-order valence-corrected chi connectivity index (χ0v) is 25.3. The highest BCUT2D eigenvalue weighted by Gasteiger charge is 2.45. The topological polar surface area (TPSA) is 138 Å². The summed E-state index contributed by atoms with van der Waals surface area (Å²) in [6.07, 6.45) is 5.01. The largest absolute Gasteiger partial charge is 0.461 e. The molecule has 4 aromatic rings. The zero-order valence-electron chi connectivity index (χ0n) is 23.8. The number of rotatable bonds is 6. The lowest BCUT2D eigenvalue weighted by molar-refractivity contribution is -0.119. The van der Waals surface area contributed by atoms with Crippen molar-refractivity contribution in [2.24, 2.45) is 0 Å². The van der Waals surface area contributed by atoms with Crippen LogP contribution in [0.2, 0.25) is 5.02 Å². The molecule has 8 rings (SSSR count). The van der Waals surface area contributed by atoms with Gasteiger partial charge in [-0.25, -0.2) is 4.39 Å². The number of halogens is 2. The first-order valence-electron chi connectivity index (χ1n) is 14.8. The molecule has 0 aliphatic carbocycles. The number of nitrogens with zero attached hydrogens (tertiary/aromatic N) is 4. The van der Waals surface area contributed by atoms with Crippen molar-refractivity contribution in [2.75, 3.05) is 37.3 Å². The Balaban J connectivity index is 1.34. The first-order valence-corrected chi connectivity index (χ1v) is 16.0. The van der Waals surface area contributed by atoms with Crippen LogP contribution in [0.3, 0.4) is 0 Å². The third-order valence-electron chi connectivity index (χ3n) is 9.62. The Labute approximate surface area is 261 Å². The van der Waals surface area contributed by atoms with E-state index in [0.29, 0.717) is 62.5 Å². The summed E-state index contributed by atoms with van der Waals surface area (Å²) in [5.74, 6) is -0.108. The van der Waals surface area contributed by atoms with Gasteiger partial charge in [0.25, 0.3) is 0 Å². The van der Waals surface area contributed by atoms with Gasteiger partial charge >= 0.3 is 6.01 Å². The van der Waals surface area contributed by atoms with E-state index in [9.17, 15) is 14.4 Å². The second kappa shape index (κ2) is 10.4. The van der Waals surface area contributed by atoms with Crippen LogP contribution < -0.4 is 21.1 Å². The summed E-state index contributed by atoms with van der Waals surface area (Å²) < 4.78 is 27.6. The number of nitrogens with two attached hydrogens (primary N) is 1. The number of carbonyl (C=O) groups excluding carboxylic acids is 1. The molecule has 4 aliphatic rings. The monoisotopic (exact) mass is 633 g/mol. The van der Waals surface area contributed by atoms with Gasteiger partial charge in [-0.2, -0.15) is 15.2 Å². The van der Waals surface area contributed by atoms with E-state index in [1.165, 1.54) is 6.07 Å². The lowest BCUT2D eigenvalue weighted by Gasteiger charge is -2.31. The maximum Gasteiger partial charge on any atom is 0.319 e. The molecule has 3 saturated heterocycles. The van der Waals surface area contributed by atoms with Gasteiger partial charge in [0.05, 0.1) is 44.9 Å². The summed E-state index contributed by atoms with van der Waals surface area (Å²) in [5.41, 5.74) is 9.59. The van der Waals surface area contributed by atoms with Gasteiger partial charge in [0, 0.05) is 17.5 Å². The van der Waals surface area contributed by atoms with Crippen molar-refractivity contribution < 1.29 is 18.7 Å². The van der Waals surface area contributed by atoms with E-state index in [0.717, 1.165) is 61.2 Å². The molecule has 0 saturated carbocycles. The van der Waals surface area contributed by atoms with Gasteiger partial charge in [-0.05, 0) is 68.0 Å². The molecule has 1 atom stereocenters. The number of nitriles is 1. The fourth-order valence-corrected chi connectivity index (χ4v) is 8.83. The molecule has 10 nitrogen and oxygen atoms in total. The second-order valence-electron chi connectivity index (χ2n) is 12.0. The van der Waals surface area contributed by atoms with Crippen LogP contribution in [0.15, 0.2) is 12.1 Å². The number of fused-ring (bicyclic) bond motifs is 5. The summed E-state index contributed by atoms with van der Waals surface area (Å²) in [5, 5.41) is 17.8. The molecule has 2 aromatic heterocycles. The van der Waals surface area contributed by atoms with Crippen molar-refractivity contribution in [3.8, 4) is 23.2 Å². The van der Waals surface area contributed by atoms with Gasteiger partial charge in [-0.15, -0.1) is 11.3 Å². The Morgan fingerprint density at radius 1 is 1.25 bits per heavy atom. The van der Waals surface area contributed by atoms with E-state index in [1.54, 1.807) is 6.07 Å². The highest BCUT2D eigenvalue weighted by atomic mass is 35.5. The fraction of sp³-hybridized carbons (Fsp3) is 0.419. The zero-order chi connectivity index (χ0) is 30.2. The number of aromatic nitrogens is 2. The van der Waals surface area contributed by atoms with Gasteiger partial charge in [0.15, 0.2) is 0 Å². The summed E-state index contributed by atoms with van der Waals surface area (Å²) in [4.78, 5) is 24.8. The average Bonchev–Trinajstić information content (AvgIpc) is 3.83. The van der Waals surface area contributed by atoms with Crippen molar-refractivity contribution in [3.05, 3.63) is 39.7 Å². The minimum atomic E-state index is -0.472. The lowest BCUT2D eigenvalue weighted by atomic mass is 9.91. The number of amides is 1. The van der Waals surface area contributed by atoms with Gasteiger partial charge < -0.3 is 25.8 Å². The van der Waals surface area contributed by atoms with E-state index in [2.05, 4.69) is 21.6 Å². The number of hydrogen-bond donors (Lipinski definition) is 3. The number of nitrogen functional groups attached to an aromatic ring is 1. The van der Waals surface area contributed by atoms with E-state index < -0.39 is 11.9 Å². The Hall–Kier alpha value is -3.76. The van der Waals surface area contributed by atoms with Crippen molar-refractivity contribution in [3.63, 3.8) is 0 Å². The van der Waals surface area contributed by atoms with Crippen LogP contribution in [-0.2, 0) is 22.7 Å². The normalized spacial score (nSPS) is 20.7. The molecule has 1 amide bonds. The van der Waals surface area contributed by atoms with Crippen LogP contribution >= 0.6 is 22.9 Å². The second-order valence-corrected chi connectivity index (χ2v) is 13.4. The van der Waals surface area contributed by atoms with Gasteiger partial charge in [0.1, 0.15) is 35.4 Å². The number of thiophene rings is 1. The van der Waals surface area contributed by atoms with E-state index in [4.69, 9.17) is 36.8 Å². The molecule has 4 N–H and O–H groups in total. The molecule has 13 heteroatoms. The van der Waals surface area contributed by atoms with Crippen LogP contribution in [0.5, 0.6) is 6.01 Å². The van der Waals surface area contributed by atoms with Crippen LogP contribution in [0.25, 0.3) is 32.1 Å². The first kappa shape index (κ1) is 27.8. The van der Waals surface area contributed by atoms with Crippen LogP contribution in [0.1, 0.15) is 48.8 Å². The molecule has 44 heavy (non-hydrogen) atoms. The minimum Gasteiger partial charge on any atom is -0.461 e. The standard InChI is InChI=1S/C31H29ClFN7O3S/c32-24-21(15-3-4-19(33)26-22(15)16(11-34)27(35)44-26)17-12-42-13-18(17)23-25(24)38-30(39-28(23)37-20-5-8-36-29(20)41)43-14-31-6-1-9-40(31)10-2-7-31/h3-4,20H,1-2,5-10,12-14,35H2,(H,36,41)(H,37,38,39)/t20-/m0/s1. The predicted octanol–water partition coefficient (Wildman–Crippen LogP) is 5.10. The molecule has 2 aromatic carbocycles. The van der Waals surface area contributed by atoms with Crippen molar-refractivity contribution in [1.82, 2.24) is 20.2 Å². The Kier molecular flexibility index (Phi) is 6.57. The summed E-state index contributed by atoms with van der Waals surface area (Å²) >= 11 is 8.32. The molecule has 4 aliphatic heterocycles. The number of carbonyl (C=O) groups is 1. The molecule has 0 unspecified atom stereocenters. The predicted molar refractivity (Wildman–Crippen MR) is 166 cm³/mol. The Bertz CT molecular complexity index is 1910. The lowest BCUT2D eigenvalue weighted by Crippen LogP contribution is -2.43. The number of ether oxygens (including phenoxy) is 2. The third-order valence-corrected chi connectivity index (χ3v) is 11.0. The maximum absolute atomic E-state index is 15.0. The molecule has 0 radical (unpaired) electrons. The molecule has 3 fully saturated rings. The molecule has 6 heterocycles. The smallest absolute Gasteiger partial charge is 0.319 e. The maximum atomic E-state index is 15.0. The molecular formula is C31H29ClFN7O3S. The molecular weight excluding hydrogens is 605 g/mol. The quantitative estimate of drug-likeness (QED) is 0.265. The highest BCUT2D eigenvalue weighted by molar-refractivity contribution is 7.23. The summed E-state index contributed by atoms with van der Waals surface area (Å²) in [6, 6.07) is 4.84. The van der Waals surface area contributed by atoms with Crippen LogP contribution in [0, 0.1) is 17.1 Å². The van der Waals surface area contributed by atoms with E-state index in [-0.39, 0.29) is 41.2 Å².